The zero-order chi connectivity index (χ0) is 28.3. The molecule has 0 bridgehead atoms. The molecule has 1 aliphatic rings. The fourth-order valence-electron chi connectivity index (χ4n) is 4.01. The van der Waals surface area contributed by atoms with E-state index in [0.29, 0.717) is 6.10 Å². The second kappa shape index (κ2) is 14.3. The normalized spacial score (nSPS) is 15.0. The molecule has 210 valence electrons. The number of hydrogen-bond acceptors (Lipinski definition) is 9. The van der Waals surface area contributed by atoms with Crippen molar-refractivity contribution in [2.75, 3.05) is 27.4 Å². The maximum Gasteiger partial charge on any atom is 0.336 e. The van der Waals surface area contributed by atoms with E-state index in [2.05, 4.69) is 22.3 Å². The Labute approximate surface area is 220 Å². The summed E-state index contributed by atoms with van der Waals surface area (Å²) < 4.78 is 18.5. The van der Waals surface area contributed by atoms with E-state index in [-0.39, 0.29) is 0 Å². The molecule has 2 aromatic rings. The first kappa shape index (κ1) is 30.5. The minimum Gasteiger partial charge on any atom is -0.497 e. The molecule has 38 heavy (non-hydrogen) atoms. The van der Waals surface area contributed by atoms with E-state index < -0.39 is 36.4 Å². The van der Waals surface area contributed by atoms with Crippen LogP contribution in [0.25, 0.3) is 0 Å². The Morgan fingerprint density at radius 3 is 2.29 bits per heavy atom. The number of methoxy groups -OCH3 is 2. The van der Waals surface area contributed by atoms with Crippen LogP contribution in [-0.4, -0.2) is 92.1 Å². The molecule has 1 saturated heterocycles. The van der Waals surface area contributed by atoms with Gasteiger partial charge in [-0.25, -0.2) is 4.79 Å². The third-order valence-corrected chi connectivity index (χ3v) is 5.82. The molecule has 0 radical (unpaired) electrons. The van der Waals surface area contributed by atoms with Crippen LogP contribution in [0.15, 0.2) is 30.6 Å². The van der Waals surface area contributed by atoms with E-state index in [4.69, 9.17) is 34.6 Å². The summed E-state index contributed by atoms with van der Waals surface area (Å²) in [6.07, 6.45) is 4.28. The van der Waals surface area contributed by atoms with Gasteiger partial charge in [-0.15, -0.1) is 0 Å². The Hall–Kier alpha value is -3.68. The Morgan fingerprint density at radius 1 is 1.13 bits per heavy atom. The van der Waals surface area contributed by atoms with E-state index in [9.17, 15) is 14.4 Å². The quantitative estimate of drug-likeness (QED) is 0.288. The smallest absolute Gasteiger partial charge is 0.336 e. The zero-order valence-corrected chi connectivity index (χ0v) is 21.7. The average molecular weight is 538 g/mol. The molecule has 13 heteroatoms. The minimum absolute atomic E-state index is 0.306. The lowest BCUT2D eigenvalue weighted by atomic mass is 9.96. The third kappa shape index (κ3) is 9.65. The summed E-state index contributed by atoms with van der Waals surface area (Å²) in [5, 5.41) is 38.1. The van der Waals surface area contributed by atoms with Crippen molar-refractivity contribution >= 4 is 17.9 Å². The number of nitrogens with zero attached hydrogens (tertiary/aromatic N) is 3. The van der Waals surface area contributed by atoms with Crippen molar-refractivity contribution in [2.45, 2.75) is 50.5 Å². The minimum atomic E-state index is -2.74. The Bertz CT molecular complexity index is 1070. The maximum atomic E-state index is 10.3. The SMILES string of the molecule is COc1ccc(CN(Cc2cnn(C)c2)CC2CCCO2)c(OC)c1.O=C(O)CC(O)(CC(=O)O)C(=O)O. The molecule has 0 spiro atoms. The molecule has 1 aromatic carbocycles. The zero-order valence-electron chi connectivity index (χ0n) is 21.7. The first-order valence-electron chi connectivity index (χ1n) is 11.9. The van der Waals surface area contributed by atoms with Crippen molar-refractivity contribution in [1.82, 2.24) is 14.7 Å². The van der Waals surface area contributed by atoms with Crippen molar-refractivity contribution in [3.63, 3.8) is 0 Å². The molecule has 1 aliphatic heterocycles. The predicted octanol–water partition coefficient (Wildman–Crippen LogP) is 1.37. The lowest BCUT2D eigenvalue weighted by Gasteiger charge is -2.25. The van der Waals surface area contributed by atoms with Crippen LogP contribution in [0.2, 0.25) is 0 Å². The van der Waals surface area contributed by atoms with Gasteiger partial charge < -0.3 is 34.6 Å². The lowest BCUT2D eigenvalue weighted by Crippen LogP contribution is -2.42. The Kier molecular flexibility index (Phi) is 11.5. The molecule has 13 nitrogen and oxygen atoms in total. The number of carboxylic acids is 3. The maximum absolute atomic E-state index is 10.3. The first-order valence-corrected chi connectivity index (χ1v) is 11.9. The standard InChI is InChI=1S/C19H27N3O3.C6H8O7/c1-21-11-15(10-20-21)12-22(14-18-5-4-8-25-18)13-16-6-7-17(23-2)9-19(16)24-3;7-3(8)1-6(13,5(11)12)2-4(9)10/h6-7,9-11,18H,4-5,8,12-14H2,1-3H3;13H,1-2H2,(H,7,8)(H,9,10)(H,11,12). The summed E-state index contributed by atoms with van der Waals surface area (Å²) in [6.45, 7) is 3.41. The average Bonchev–Trinajstić information content (AvgIpc) is 3.50. The number of benzene rings is 1. The fraction of sp³-hybridized carbons (Fsp3) is 0.520. The fourth-order valence-corrected chi connectivity index (χ4v) is 4.01. The number of ether oxygens (including phenoxy) is 3. The van der Waals surface area contributed by atoms with Crippen LogP contribution in [0.1, 0.15) is 36.8 Å². The molecule has 3 rings (SSSR count). The monoisotopic (exact) mass is 537 g/mol. The molecular weight excluding hydrogens is 502 g/mol. The first-order chi connectivity index (χ1) is 17.9. The largest absolute Gasteiger partial charge is 0.497 e. The molecule has 1 aromatic heterocycles. The number of carboxylic acid groups (broad SMARTS) is 3. The number of aromatic nitrogens is 2. The van der Waals surface area contributed by atoms with Crippen molar-refractivity contribution in [2.24, 2.45) is 7.05 Å². The second-order valence-electron chi connectivity index (χ2n) is 8.98. The van der Waals surface area contributed by atoms with Crippen molar-refractivity contribution < 1.29 is 49.0 Å². The van der Waals surface area contributed by atoms with Crippen LogP contribution in [-0.2, 0) is 39.3 Å². The molecule has 1 unspecified atom stereocenters. The Morgan fingerprint density at radius 2 is 1.82 bits per heavy atom. The molecule has 2 heterocycles. The summed E-state index contributed by atoms with van der Waals surface area (Å²) in [7, 11) is 5.31. The number of rotatable bonds is 13. The van der Waals surface area contributed by atoms with Gasteiger partial charge in [0, 0.05) is 56.7 Å². The van der Waals surface area contributed by atoms with E-state index in [1.807, 2.05) is 30.1 Å². The van der Waals surface area contributed by atoms with Crippen LogP contribution < -0.4 is 9.47 Å². The van der Waals surface area contributed by atoms with Gasteiger partial charge in [0.2, 0.25) is 0 Å². The van der Waals surface area contributed by atoms with Crippen molar-refractivity contribution in [3.8, 4) is 11.5 Å². The highest BCUT2D eigenvalue weighted by Crippen LogP contribution is 2.27. The number of hydrogen-bond donors (Lipinski definition) is 4. The van der Waals surface area contributed by atoms with Gasteiger partial charge in [0.15, 0.2) is 5.60 Å². The molecular formula is C25H35N3O10. The van der Waals surface area contributed by atoms with Gasteiger partial charge in [-0.3, -0.25) is 19.2 Å². The molecule has 4 N–H and O–H groups in total. The van der Waals surface area contributed by atoms with Gasteiger partial charge in [-0.2, -0.15) is 5.10 Å². The number of aryl methyl sites for hydroxylation is 1. The van der Waals surface area contributed by atoms with Crippen molar-refractivity contribution in [1.29, 1.82) is 0 Å². The summed E-state index contributed by atoms with van der Waals surface area (Å²) in [6, 6.07) is 5.99. The topological polar surface area (TPSA) is 181 Å². The number of aliphatic carboxylic acids is 3. The van der Waals surface area contributed by atoms with E-state index >= 15 is 0 Å². The van der Waals surface area contributed by atoms with Crippen LogP contribution in [0.4, 0.5) is 0 Å². The van der Waals surface area contributed by atoms with Gasteiger partial charge in [0.1, 0.15) is 11.5 Å². The molecule has 1 fully saturated rings. The summed E-state index contributed by atoms with van der Waals surface area (Å²) in [4.78, 5) is 32.9. The van der Waals surface area contributed by atoms with Gasteiger partial charge >= 0.3 is 17.9 Å². The lowest BCUT2D eigenvalue weighted by molar-refractivity contribution is -0.170. The van der Waals surface area contributed by atoms with Gasteiger partial charge in [0.05, 0.1) is 39.4 Å². The highest BCUT2D eigenvalue weighted by molar-refractivity contribution is 5.88. The molecule has 0 saturated carbocycles. The number of carbonyl (C=O) groups is 3. The van der Waals surface area contributed by atoms with Gasteiger partial charge in [0.25, 0.3) is 0 Å². The van der Waals surface area contributed by atoms with Crippen molar-refractivity contribution in [3.05, 3.63) is 41.7 Å². The van der Waals surface area contributed by atoms with Crippen LogP contribution in [0.3, 0.4) is 0 Å². The summed E-state index contributed by atoms with van der Waals surface area (Å²) in [5.41, 5.74) is -0.393. The van der Waals surface area contributed by atoms with Gasteiger partial charge in [-0.05, 0) is 18.9 Å². The second-order valence-corrected chi connectivity index (χ2v) is 8.98. The summed E-state index contributed by atoms with van der Waals surface area (Å²) >= 11 is 0. The molecule has 1 atom stereocenters. The van der Waals surface area contributed by atoms with E-state index in [1.54, 1.807) is 14.2 Å². The third-order valence-electron chi connectivity index (χ3n) is 5.82. The Balaban J connectivity index is 0.000000332. The number of aliphatic hydroxyl groups is 1. The van der Waals surface area contributed by atoms with Crippen LogP contribution >= 0.6 is 0 Å². The van der Waals surface area contributed by atoms with E-state index in [1.165, 1.54) is 5.56 Å². The van der Waals surface area contributed by atoms with Crippen LogP contribution in [0, 0.1) is 0 Å². The molecule has 0 amide bonds. The molecule has 0 aliphatic carbocycles. The highest BCUT2D eigenvalue weighted by atomic mass is 16.5. The van der Waals surface area contributed by atoms with Gasteiger partial charge in [-0.1, -0.05) is 6.07 Å². The highest BCUT2D eigenvalue weighted by Gasteiger charge is 2.40. The van der Waals surface area contributed by atoms with E-state index in [0.717, 1.165) is 56.1 Å². The summed E-state index contributed by atoms with van der Waals surface area (Å²) in [5.74, 6) is -3.36. The van der Waals surface area contributed by atoms with Crippen LogP contribution in [0.5, 0.6) is 11.5 Å². The predicted molar refractivity (Wildman–Crippen MR) is 133 cm³/mol.